The van der Waals surface area contributed by atoms with Gasteiger partial charge in [-0.1, -0.05) is 25.2 Å². The Bertz CT molecular complexity index is 2180. The molecule has 3 aliphatic rings. The number of rotatable bonds is 12. The van der Waals surface area contributed by atoms with Gasteiger partial charge in [-0.2, -0.15) is 4.57 Å². The molecular formula is C41H45N4O3S2+. The van der Waals surface area contributed by atoms with Gasteiger partial charge in [0.2, 0.25) is 21.2 Å². The highest BCUT2D eigenvalue weighted by atomic mass is 32.2. The zero-order chi connectivity index (χ0) is 34.7. The van der Waals surface area contributed by atoms with E-state index < -0.39 is 10.0 Å². The molecule has 0 radical (unpaired) electrons. The molecule has 4 heterocycles. The van der Waals surface area contributed by atoms with Crippen LogP contribution in [0.3, 0.4) is 0 Å². The molecule has 2 aromatic heterocycles. The lowest BCUT2D eigenvalue weighted by molar-refractivity contribution is -0.665. The number of hydrogen-bond donors (Lipinski definition) is 1. The average Bonchev–Trinajstić information content (AvgIpc) is 3.80. The standard InChI is InChI=1S/C41H45N4O3S2/c1-4-21-42-50(46,47)26-25-44-36(16-12-33-29-38(49-48-3)18-19-39(33)44)14-10-31-8-7-9-32(40(31)43-22-5-6-23-43)11-15-37-17-13-34-27-30(2)28-35-20-24-45(37)41(34)35/h5-6,10-19,22-23,27-29,42H,4,7-9,20-21,24-26H2,1-3H3/q+1. The topological polar surface area (TPSA) is 67.5 Å². The molecule has 0 amide bonds. The minimum Gasteiger partial charge on any atom is -0.340 e. The lowest BCUT2D eigenvalue weighted by Crippen LogP contribution is -2.35. The summed E-state index contributed by atoms with van der Waals surface area (Å²) in [4.78, 5) is 3.12. The van der Waals surface area contributed by atoms with Crippen molar-refractivity contribution in [2.45, 2.75) is 57.4 Å². The lowest BCUT2D eigenvalue weighted by Gasteiger charge is -2.31. The number of anilines is 1. The van der Waals surface area contributed by atoms with Gasteiger partial charge in [-0.15, -0.1) is 0 Å². The maximum atomic E-state index is 12.9. The number of nitrogens with one attached hydrogen (secondary N) is 1. The molecule has 0 saturated heterocycles. The summed E-state index contributed by atoms with van der Waals surface area (Å²) in [5, 5.41) is 1.32. The Morgan fingerprint density at radius 1 is 1.00 bits per heavy atom. The predicted molar refractivity (Wildman–Crippen MR) is 207 cm³/mol. The van der Waals surface area contributed by atoms with Gasteiger partial charge in [0, 0.05) is 83.3 Å². The van der Waals surface area contributed by atoms with Crippen LogP contribution >= 0.6 is 12.0 Å². The smallest absolute Gasteiger partial charge is 0.216 e. The fraction of sp³-hybridized carbons (Fsp3) is 0.293. The monoisotopic (exact) mass is 705 g/mol. The third-order valence-corrected chi connectivity index (χ3v) is 11.6. The Morgan fingerprint density at radius 3 is 2.68 bits per heavy atom. The Kier molecular flexibility index (Phi) is 10.3. The van der Waals surface area contributed by atoms with Gasteiger partial charge in [0.1, 0.15) is 0 Å². The number of fused-ring (bicyclic) bond motifs is 1. The third-order valence-electron chi connectivity index (χ3n) is 9.63. The van der Waals surface area contributed by atoms with E-state index in [4.69, 9.17) is 4.18 Å². The summed E-state index contributed by atoms with van der Waals surface area (Å²) in [6, 6.07) is 19.5. The first-order chi connectivity index (χ1) is 24.3. The number of sulfonamides is 1. The van der Waals surface area contributed by atoms with E-state index in [0.29, 0.717) is 13.1 Å². The number of nitrogens with zero attached hydrogens (tertiary/aromatic N) is 3. The maximum Gasteiger partial charge on any atom is 0.216 e. The van der Waals surface area contributed by atoms with E-state index in [9.17, 15) is 8.42 Å². The lowest BCUT2D eigenvalue weighted by atomic mass is 9.90. The van der Waals surface area contributed by atoms with Gasteiger partial charge < -0.3 is 13.7 Å². The quantitative estimate of drug-likeness (QED) is 0.119. The summed E-state index contributed by atoms with van der Waals surface area (Å²) >= 11 is 1.32. The molecule has 2 aliphatic heterocycles. The third kappa shape index (κ3) is 7.32. The summed E-state index contributed by atoms with van der Waals surface area (Å²) in [7, 11) is -1.76. The van der Waals surface area contributed by atoms with E-state index in [2.05, 4.69) is 123 Å². The van der Waals surface area contributed by atoms with E-state index in [1.54, 1.807) is 7.11 Å². The van der Waals surface area contributed by atoms with Gasteiger partial charge in [0.15, 0.2) is 6.54 Å². The van der Waals surface area contributed by atoms with Crippen LogP contribution in [0.2, 0.25) is 0 Å². The Labute approximate surface area is 300 Å². The Morgan fingerprint density at radius 2 is 1.86 bits per heavy atom. The normalized spacial score (nSPS) is 17.6. The van der Waals surface area contributed by atoms with Crippen molar-refractivity contribution in [3.8, 4) is 0 Å². The van der Waals surface area contributed by atoms with Crippen LogP contribution in [-0.2, 0) is 27.2 Å². The number of aryl methyl sites for hydroxylation is 3. The second-order valence-corrected chi connectivity index (χ2v) is 16.0. The Hall–Kier alpha value is -4.15. The van der Waals surface area contributed by atoms with Gasteiger partial charge in [0.05, 0.1) is 18.6 Å². The highest BCUT2D eigenvalue weighted by molar-refractivity contribution is 7.94. The van der Waals surface area contributed by atoms with Crippen molar-refractivity contribution in [1.82, 2.24) is 9.29 Å². The van der Waals surface area contributed by atoms with Gasteiger partial charge in [-0.25, -0.2) is 13.1 Å². The van der Waals surface area contributed by atoms with Crippen molar-refractivity contribution in [3.63, 3.8) is 0 Å². The molecule has 7 nitrogen and oxygen atoms in total. The summed E-state index contributed by atoms with van der Waals surface area (Å²) in [5.41, 5.74) is 12.1. The number of allylic oxidation sites excluding steroid dienone is 7. The van der Waals surface area contributed by atoms with E-state index >= 15 is 0 Å². The molecule has 2 aromatic carbocycles. The minimum atomic E-state index is -3.41. The van der Waals surface area contributed by atoms with Gasteiger partial charge in [-0.3, -0.25) is 0 Å². The van der Waals surface area contributed by atoms with Crippen molar-refractivity contribution in [2.24, 2.45) is 0 Å². The zero-order valence-electron chi connectivity index (χ0n) is 29.1. The van der Waals surface area contributed by atoms with Gasteiger partial charge >= 0.3 is 0 Å². The van der Waals surface area contributed by atoms with Crippen molar-refractivity contribution in [2.75, 3.05) is 30.9 Å². The summed E-state index contributed by atoms with van der Waals surface area (Å²) < 4.78 is 38.5. The average molecular weight is 706 g/mol. The van der Waals surface area contributed by atoms with Crippen LogP contribution in [0.15, 0.2) is 113 Å². The van der Waals surface area contributed by atoms with Crippen molar-refractivity contribution < 1.29 is 17.2 Å². The molecule has 0 atom stereocenters. The fourth-order valence-electron chi connectivity index (χ4n) is 7.37. The number of benzene rings is 2. The van der Waals surface area contributed by atoms with Crippen LogP contribution in [0.1, 0.15) is 55.0 Å². The summed E-state index contributed by atoms with van der Waals surface area (Å²) in [5.74, 6) is 0.00208. The van der Waals surface area contributed by atoms with Crippen LogP contribution in [0.4, 0.5) is 5.69 Å². The molecular weight excluding hydrogens is 661 g/mol. The van der Waals surface area contributed by atoms with Gasteiger partial charge in [-0.05, 0) is 116 Å². The van der Waals surface area contributed by atoms with Crippen LogP contribution in [-0.4, -0.2) is 38.9 Å². The first kappa shape index (κ1) is 34.3. The molecule has 7 rings (SSSR count). The highest BCUT2D eigenvalue weighted by Crippen LogP contribution is 2.37. The molecule has 4 aromatic rings. The molecule has 9 heteroatoms. The van der Waals surface area contributed by atoms with Crippen molar-refractivity contribution >= 4 is 56.5 Å². The van der Waals surface area contributed by atoms with E-state index in [1.165, 1.54) is 56.6 Å². The molecule has 50 heavy (non-hydrogen) atoms. The van der Waals surface area contributed by atoms with Crippen LogP contribution in [0.5, 0.6) is 0 Å². The molecule has 0 saturated carbocycles. The molecule has 0 fully saturated rings. The van der Waals surface area contributed by atoms with E-state index in [0.717, 1.165) is 60.5 Å². The summed E-state index contributed by atoms with van der Waals surface area (Å²) in [6.45, 7) is 5.94. The Balaban J connectivity index is 1.24. The number of pyridine rings is 1. The number of aromatic nitrogens is 2. The first-order valence-corrected chi connectivity index (χ1v) is 19.9. The second kappa shape index (κ2) is 15.0. The zero-order valence-corrected chi connectivity index (χ0v) is 30.7. The molecule has 1 aliphatic carbocycles. The molecule has 0 spiro atoms. The summed E-state index contributed by atoms with van der Waals surface area (Å²) in [6.07, 6.45) is 22.3. The molecule has 0 bridgehead atoms. The van der Waals surface area contributed by atoms with Crippen LogP contribution in [0.25, 0.3) is 28.8 Å². The van der Waals surface area contributed by atoms with E-state index in [1.807, 2.05) is 13.0 Å². The molecule has 258 valence electrons. The van der Waals surface area contributed by atoms with Crippen molar-refractivity contribution in [1.29, 1.82) is 0 Å². The van der Waals surface area contributed by atoms with Crippen molar-refractivity contribution in [3.05, 3.63) is 131 Å². The van der Waals surface area contributed by atoms with Crippen LogP contribution in [0, 0.1) is 6.92 Å². The highest BCUT2D eigenvalue weighted by Gasteiger charge is 2.26. The maximum absolute atomic E-state index is 12.9. The van der Waals surface area contributed by atoms with Gasteiger partial charge in [0.25, 0.3) is 0 Å². The fourth-order valence-corrected chi connectivity index (χ4v) is 8.94. The second-order valence-electron chi connectivity index (χ2n) is 13.1. The van der Waals surface area contributed by atoms with E-state index in [-0.39, 0.29) is 5.75 Å². The number of hydrogen-bond acceptors (Lipinski definition) is 5. The van der Waals surface area contributed by atoms with Crippen LogP contribution < -0.4 is 14.2 Å². The minimum absolute atomic E-state index is 0.00208. The predicted octanol–water partition coefficient (Wildman–Crippen LogP) is 8.23. The molecule has 1 N–H and O–H groups in total. The molecule has 0 unspecified atom stereocenters. The first-order valence-electron chi connectivity index (χ1n) is 17.5. The SMILES string of the molecule is CCCNS(=O)(=O)CCN1C(=CC=C2CCCC(C=Cc3ccc4cc(C)cc5c4[n+]3CC5)=C2n2cccc2)C=Cc2cc(SOC)ccc21. The largest absolute Gasteiger partial charge is 0.340 e.